The number of rotatable bonds is 13. The quantitative estimate of drug-likeness (QED) is 0.0798. The normalized spacial score (nSPS) is 11.9. The highest BCUT2D eigenvalue weighted by molar-refractivity contribution is 8.00. The van der Waals surface area contributed by atoms with Gasteiger partial charge in [-0.25, -0.2) is 0 Å². The Balaban J connectivity index is 1.15. The Morgan fingerprint density at radius 3 is 2.14 bits per heavy atom. The van der Waals surface area contributed by atoms with Crippen molar-refractivity contribution in [2.75, 3.05) is 24.9 Å². The van der Waals surface area contributed by atoms with E-state index in [0.29, 0.717) is 34.0 Å². The monoisotopic (exact) mass is 760 g/mol. The lowest BCUT2D eigenvalue weighted by atomic mass is 10.1. The van der Waals surface area contributed by atoms with Gasteiger partial charge >= 0.3 is 0 Å². The zero-order valence-electron chi connectivity index (χ0n) is 31.1. The second-order valence-corrected chi connectivity index (χ2v) is 14.0. The van der Waals surface area contributed by atoms with Gasteiger partial charge in [0.15, 0.2) is 11.5 Å². The fourth-order valence-electron chi connectivity index (χ4n) is 6.69. The lowest BCUT2D eigenvalue weighted by molar-refractivity contribution is -0.116. The number of methoxy groups -OCH3 is 2. The Morgan fingerprint density at radius 1 is 0.696 bits per heavy atom. The molecule has 10 heteroatoms. The molecule has 0 spiro atoms. The summed E-state index contributed by atoms with van der Waals surface area (Å²) in [4.78, 5) is 42.2. The number of carbonyl (C=O) groups excluding carboxylic acids is 3. The summed E-state index contributed by atoms with van der Waals surface area (Å²) in [5, 5.41) is 10.5. The summed E-state index contributed by atoms with van der Waals surface area (Å²) >= 11 is 1.37. The number of amides is 3. The predicted octanol–water partition coefficient (Wildman–Crippen LogP) is 9.71. The van der Waals surface area contributed by atoms with Crippen LogP contribution in [0.3, 0.4) is 0 Å². The number of benzene rings is 6. The number of aryl methyl sites for hydroxylation is 1. The average molecular weight is 761 g/mol. The van der Waals surface area contributed by atoms with Gasteiger partial charge in [-0.3, -0.25) is 14.4 Å². The van der Waals surface area contributed by atoms with E-state index in [0.717, 1.165) is 38.8 Å². The molecule has 0 saturated heterocycles. The van der Waals surface area contributed by atoms with Crippen LogP contribution in [-0.4, -0.2) is 36.5 Å². The fourth-order valence-corrected chi connectivity index (χ4v) is 7.77. The third kappa shape index (κ3) is 8.15. The minimum atomic E-state index is -0.615. The number of aromatic nitrogens is 1. The Hall–Kier alpha value is -6.78. The summed E-state index contributed by atoms with van der Waals surface area (Å²) in [6.07, 6.45) is 1.54. The first-order valence-electron chi connectivity index (χ1n) is 18.1. The molecule has 280 valence electrons. The molecule has 7 aromatic rings. The molecule has 0 radical (unpaired) electrons. The van der Waals surface area contributed by atoms with Gasteiger partial charge in [0, 0.05) is 55.7 Å². The van der Waals surface area contributed by atoms with Crippen LogP contribution in [0.25, 0.3) is 27.9 Å². The standard InChI is InChI=1S/C46H40N4O5S/c1-4-50-39-23-12-11-22-36(39)37-29-34(25-26-40(37)50)48-46(53)43(30-15-7-5-8-16-30)56-35-21-14-20-33(28-35)47-45(52)38(49-44(51)31-17-9-6-10-18-31)27-32-19-13-24-41(54-2)42(32)55-3/h5-29,43H,4H2,1-3H3,(H,47,52)(H,48,53)(H,49,51)/b38-27+. The number of hydrogen-bond donors (Lipinski definition) is 3. The molecule has 0 aliphatic heterocycles. The van der Waals surface area contributed by atoms with Crippen LogP contribution in [0, 0.1) is 0 Å². The Labute approximate surface area is 329 Å². The van der Waals surface area contributed by atoms with Crippen LogP contribution in [0.2, 0.25) is 0 Å². The van der Waals surface area contributed by atoms with E-state index in [-0.39, 0.29) is 11.6 Å². The van der Waals surface area contributed by atoms with E-state index in [4.69, 9.17) is 9.47 Å². The first-order valence-corrected chi connectivity index (χ1v) is 19.0. The summed E-state index contributed by atoms with van der Waals surface area (Å²) < 4.78 is 13.3. The number of hydrogen-bond acceptors (Lipinski definition) is 6. The molecule has 1 atom stereocenters. The molecule has 1 aromatic heterocycles. The molecule has 3 N–H and O–H groups in total. The van der Waals surface area contributed by atoms with E-state index in [2.05, 4.69) is 45.6 Å². The van der Waals surface area contributed by atoms with Crippen LogP contribution in [0.15, 0.2) is 156 Å². The molecule has 1 heterocycles. The maximum absolute atomic E-state index is 14.1. The second-order valence-electron chi connectivity index (χ2n) is 12.8. The van der Waals surface area contributed by atoms with Crippen molar-refractivity contribution in [2.45, 2.75) is 23.6 Å². The number of nitrogens with one attached hydrogen (secondary N) is 3. The van der Waals surface area contributed by atoms with Crippen LogP contribution in [0.4, 0.5) is 11.4 Å². The predicted molar refractivity (Wildman–Crippen MR) is 225 cm³/mol. The van der Waals surface area contributed by atoms with Gasteiger partial charge in [0.1, 0.15) is 10.9 Å². The SMILES string of the molecule is CCn1c2ccccc2c2cc(NC(=O)C(Sc3cccc(NC(=O)/C(=C\c4cccc(OC)c4OC)NC(=O)c4ccccc4)c3)c3ccccc3)ccc21. The molecule has 9 nitrogen and oxygen atoms in total. The van der Waals surface area contributed by atoms with Crippen molar-refractivity contribution in [2.24, 2.45) is 0 Å². The van der Waals surface area contributed by atoms with E-state index in [1.54, 1.807) is 60.7 Å². The third-order valence-electron chi connectivity index (χ3n) is 9.30. The van der Waals surface area contributed by atoms with Gasteiger partial charge in [-0.15, -0.1) is 11.8 Å². The Kier molecular flexibility index (Phi) is 11.5. The third-order valence-corrected chi connectivity index (χ3v) is 10.6. The van der Waals surface area contributed by atoms with Crippen LogP contribution in [0.1, 0.15) is 33.7 Å². The first-order chi connectivity index (χ1) is 27.4. The van der Waals surface area contributed by atoms with Crippen molar-refractivity contribution in [3.05, 3.63) is 168 Å². The molecule has 0 saturated carbocycles. The van der Waals surface area contributed by atoms with Crippen molar-refractivity contribution in [3.8, 4) is 11.5 Å². The summed E-state index contributed by atoms with van der Waals surface area (Å²) in [6.45, 7) is 2.96. The topological polar surface area (TPSA) is 111 Å². The minimum Gasteiger partial charge on any atom is -0.493 e. The van der Waals surface area contributed by atoms with Crippen molar-refractivity contribution < 1.29 is 23.9 Å². The number of carbonyl (C=O) groups is 3. The second kappa shape index (κ2) is 17.1. The maximum atomic E-state index is 14.1. The van der Waals surface area contributed by atoms with E-state index in [9.17, 15) is 14.4 Å². The number of anilines is 2. The Bertz CT molecular complexity index is 2570. The average Bonchev–Trinajstić information content (AvgIpc) is 3.55. The van der Waals surface area contributed by atoms with Gasteiger partial charge in [-0.1, -0.05) is 84.9 Å². The summed E-state index contributed by atoms with van der Waals surface area (Å²) in [5.74, 6) is -0.314. The van der Waals surface area contributed by atoms with Gasteiger partial charge in [-0.2, -0.15) is 0 Å². The number of fused-ring (bicyclic) bond motifs is 3. The minimum absolute atomic E-state index is 0.0102. The maximum Gasteiger partial charge on any atom is 0.272 e. The van der Waals surface area contributed by atoms with E-state index in [1.807, 2.05) is 72.8 Å². The van der Waals surface area contributed by atoms with Crippen LogP contribution >= 0.6 is 11.8 Å². The van der Waals surface area contributed by atoms with Crippen molar-refractivity contribution >= 4 is 68.7 Å². The van der Waals surface area contributed by atoms with Gasteiger partial charge in [0.05, 0.1) is 14.2 Å². The van der Waals surface area contributed by atoms with Gasteiger partial charge in [0.2, 0.25) is 5.91 Å². The van der Waals surface area contributed by atoms with Crippen molar-refractivity contribution in [1.82, 2.24) is 9.88 Å². The molecule has 0 aliphatic rings. The molecule has 7 rings (SSSR count). The zero-order chi connectivity index (χ0) is 39.0. The van der Waals surface area contributed by atoms with Gasteiger partial charge < -0.3 is 30.0 Å². The van der Waals surface area contributed by atoms with Crippen LogP contribution < -0.4 is 25.4 Å². The van der Waals surface area contributed by atoms with Crippen molar-refractivity contribution in [1.29, 1.82) is 0 Å². The molecule has 56 heavy (non-hydrogen) atoms. The highest BCUT2D eigenvalue weighted by atomic mass is 32.2. The largest absolute Gasteiger partial charge is 0.493 e. The molecule has 0 bridgehead atoms. The Morgan fingerprint density at radius 2 is 1.39 bits per heavy atom. The lowest BCUT2D eigenvalue weighted by Gasteiger charge is -2.18. The van der Waals surface area contributed by atoms with Crippen molar-refractivity contribution in [3.63, 3.8) is 0 Å². The number of para-hydroxylation sites is 2. The summed E-state index contributed by atoms with van der Waals surface area (Å²) in [5.41, 5.74) is 5.18. The molecule has 1 unspecified atom stereocenters. The number of nitrogens with zero attached hydrogens (tertiary/aromatic N) is 1. The van der Waals surface area contributed by atoms with Crippen LogP contribution in [0.5, 0.6) is 11.5 Å². The van der Waals surface area contributed by atoms with Crippen LogP contribution in [-0.2, 0) is 16.1 Å². The highest BCUT2D eigenvalue weighted by Gasteiger charge is 2.24. The van der Waals surface area contributed by atoms with E-state index in [1.165, 1.54) is 26.0 Å². The molecule has 6 aromatic carbocycles. The van der Waals surface area contributed by atoms with E-state index < -0.39 is 17.1 Å². The highest BCUT2D eigenvalue weighted by Crippen LogP contribution is 2.38. The molecular formula is C46H40N4O5S. The van der Waals surface area contributed by atoms with Gasteiger partial charge in [0.25, 0.3) is 11.8 Å². The number of thioether (sulfide) groups is 1. The molecule has 0 aliphatic carbocycles. The molecule has 3 amide bonds. The molecule has 0 fully saturated rings. The zero-order valence-corrected chi connectivity index (χ0v) is 31.9. The number of ether oxygens (including phenoxy) is 2. The van der Waals surface area contributed by atoms with Gasteiger partial charge in [-0.05, 0) is 79.2 Å². The summed E-state index contributed by atoms with van der Waals surface area (Å²) in [6, 6.07) is 45.1. The fraction of sp³-hybridized carbons (Fsp3) is 0.109. The lowest BCUT2D eigenvalue weighted by Crippen LogP contribution is -2.30. The first kappa shape index (κ1) is 37.5. The summed E-state index contributed by atoms with van der Waals surface area (Å²) in [7, 11) is 3.04. The smallest absolute Gasteiger partial charge is 0.272 e. The molecular weight excluding hydrogens is 721 g/mol. The van der Waals surface area contributed by atoms with E-state index >= 15 is 0 Å².